The number of hydrogen-bond acceptors (Lipinski definition) is 5. The number of hydrogen-bond donors (Lipinski definition) is 2. The molecule has 0 bridgehead atoms. The summed E-state index contributed by atoms with van der Waals surface area (Å²) >= 11 is 0. The van der Waals surface area contributed by atoms with E-state index in [0.717, 1.165) is 12.8 Å². The Labute approximate surface area is 143 Å². The van der Waals surface area contributed by atoms with Crippen molar-refractivity contribution in [3.8, 4) is 0 Å². The van der Waals surface area contributed by atoms with E-state index >= 15 is 0 Å². The molecule has 0 rings (SSSR count). The van der Waals surface area contributed by atoms with Gasteiger partial charge in [-0.2, -0.15) is 0 Å². The van der Waals surface area contributed by atoms with Gasteiger partial charge in [0.25, 0.3) is 0 Å². The van der Waals surface area contributed by atoms with Crippen molar-refractivity contribution in [3.05, 3.63) is 0 Å². The lowest BCUT2D eigenvalue weighted by Crippen LogP contribution is -1.85. The van der Waals surface area contributed by atoms with Crippen LogP contribution >= 0.6 is 31.4 Å². The zero-order valence-corrected chi connectivity index (χ0v) is 15.9. The van der Waals surface area contributed by atoms with Crippen molar-refractivity contribution in [1.29, 1.82) is 0 Å². The smallest absolute Gasteiger partial charge is 0.0431 e. The van der Waals surface area contributed by atoms with Gasteiger partial charge < -0.3 is 10.2 Å². The fourth-order valence-corrected chi connectivity index (χ4v) is 6.07. The maximum Gasteiger partial charge on any atom is 0.0431 e. The molecule has 0 aliphatic heterocycles. The first-order chi connectivity index (χ1) is 10.4. The van der Waals surface area contributed by atoms with Crippen LogP contribution in [0.1, 0.15) is 77.0 Å². The first-order valence-electron chi connectivity index (χ1n) is 8.54. The van der Waals surface area contributed by atoms with Crippen molar-refractivity contribution in [2.45, 2.75) is 77.0 Å². The summed E-state index contributed by atoms with van der Waals surface area (Å²) in [7, 11) is 5.98. The zero-order valence-electron chi connectivity index (χ0n) is 13.4. The van der Waals surface area contributed by atoms with Crippen LogP contribution in [0.2, 0.25) is 0 Å². The molecule has 0 aliphatic carbocycles. The Bertz CT molecular complexity index is 165. The second-order valence-corrected chi connectivity index (χ2v) is 9.87. The van der Waals surface area contributed by atoms with E-state index in [-0.39, 0.29) is 0 Å². The van der Waals surface area contributed by atoms with Gasteiger partial charge in [-0.3, -0.25) is 0 Å². The first kappa shape index (κ1) is 22.0. The molecule has 0 saturated heterocycles. The highest BCUT2D eigenvalue weighted by molar-refractivity contribution is 9.09. The molecule has 0 spiro atoms. The number of aliphatic hydroxyl groups excluding tert-OH is 2. The van der Waals surface area contributed by atoms with Crippen molar-refractivity contribution in [2.75, 3.05) is 24.7 Å². The first-order valence-corrected chi connectivity index (χ1v) is 12.4. The highest BCUT2D eigenvalue weighted by Gasteiger charge is 1.95. The van der Waals surface area contributed by atoms with E-state index in [1.807, 2.05) is 31.4 Å². The molecule has 21 heavy (non-hydrogen) atoms. The van der Waals surface area contributed by atoms with Crippen LogP contribution in [0.4, 0.5) is 0 Å². The summed E-state index contributed by atoms with van der Waals surface area (Å²) in [5.41, 5.74) is 0. The molecule has 128 valence electrons. The summed E-state index contributed by atoms with van der Waals surface area (Å²) < 4.78 is 0. The van der Waals surface area contributed by atoms with E-state index in [9.17, 15) is 0 Å². The van der Waals surface area contributed by atoms with Crippen LogP contribution < -0.4 is 0 Å². The predicted molar refractivity (Wildman–Crippen MR) is 102 cm³/mol. The zero-order chi connectivity index (χ0) is 15.4. The summed E-state index contributed by atoms with van der Waals surface area (Å²) in [4.78, 5) is 0. The Hall–Kier alpha value is 0.970. The van der Waals surface area contributed by atoms with Crippen molar-refractivity contribution in [2.24, 2.45) is 0 Å². The van der Waals surface area contributed by atoms with Gasteiger partial charge in [-0.15, -0.1) is 0 Å². The Morgan fingerprint density at radius 2 is 0.762 bits per heavy atom. The minimum atomic E-state index is 0.354. The molecule has 0 aromatic rings. The maximum absolute atomic E-state index is 8.67. The van der Waals surface area contributed by atoms with Gasteiger partial charge in [-0.05, 0) is 35.5 Å². The third-order valence-corrected chi connectivity index (χ3v) is 7.78. The quantitative estimate of drug-likeness (QED) is 0.245. The molecule has 2 N–H and O–H groups in total. The summed E-state index contributed by atoms with van der Waals surface area (Å²) in [6, 6.07) is 0. The average Bonchev–Trinajstić information content (AvgIpc) is 2.50. The SMILES string of the molecule is OCCCCCCCCSSSCCCCCCCCO. The molecule has 0 radical (unpaired) electrons. The fraction of sp³-hybridized carbons (Fsp3) is 1.00. The van der Waals surface area contributed by atoms with Crippen LogP contribution in [0.3, 0.4) is 0 Å². The molecule has 0 fully saturated rings. The van der Waals surface area contributed by atoms with Crippen molar-refractivity contribution < 1.29 is 10.2 Å². The molecular formula is C16H34O2S3. The Balaban J connectivity index is 2.90. The van der Waals surface area contributed by atoms with Crippen LogP contribution in [0, 0.1) is 0 Å². The van der Waals surface area contributed by atoms with Gasteiger partial charge in [0.1, 0.15) is 0 Å². The largest absolute Gasteiger partial charge is 0.396 e. The van der Waals surface area contributed by atoms with Gasteiger partial charge in [-0.1, -0.05) is 73.0 Å². The van der Waals surface area contributed by atoms with Crippen LogP contribution in [0.5, 0.6) is 0 Å². The molecule has 0 atom stereocenters. The second-order valence-electron chi connectivity index (χ2n) is 5.40. The van der Waals surface area contributed by atoms with Crippen molar-refractivity contribution in [3.63, 3.8) is 0 Å². The summed E-state index contributed by atoms with van der Waals surface area (Å²) in [6.45, 7) is 0.707. The maximum atomic E-state index is 8.67. The molecule has 5 heteroatoms. The standard InChI is InChI=1S/C16H34O2S3/c17-13-9-5-1-3-7-11-15-19-21-20-16-12-8-4-2-6-10-14-18/h17-18H,1-16H2. The lowest BCUT2D eigenvalue weighted by atomic mass is 10.1. The Morgan fingerprint density at radius 1 is 0.429 bits per heavy atom. The highest BCUT2D eigenvalue weighted by Crippen LogP contribution is 2.35. The lowest BCUT2D eigenvalue weighted by molar-refractivity contribution is 0.282. The van der Waals surface area contributed by atoms with E-state index in [2.05, 4.69) is 0 Å². The van der Waals surface area contributed by atoms with Crippen LogP contribution in [0.15, 0.2) is 0 Å². The number of rotatable bonds is 18. The van der Waals surface area contributed by atoms with Crippen molar-refractivity contribution in [1.82, 2.24) is 0 Å². The van der Waals surface area contributed by atoms with Gasteiger partial charge >= 0.3 is 0 Å². The molecule has 2 nitrogen and oxygen atoms in total. The normalized spacial score (nSPS) is 11.1. The minimum Gasteiger partial charge on any atom is -0.396 e. The topological polar surface area (TPSA) is 40.5 Å². The molecule has 0 saturated carbocycles. The van der Waals surface area contributed by atoms with E-state index in [0.29, 0.717) is 13.2 Å². The Morgan fingerprint density at radius 3 is 1.14 bits per heavy atom. The molecule has 0 unspecified atom stereocenters. The van der Waals surface area contributed by atoms with Gasteiger partial charge in [0, 0.05) is 24.7 Å². The van der Waals surface area contributed by atoms with Gasteiger partial charge in [0.15, 0.2) is 0 Å². The molecule has 0 aromatic heterocycles. The summed E-state index contributed by atoms with van der Waals surface area (Å²) in [5.74, 6) is 2.55. The van der Waals surface area contributed by atoms with Gasteiger partial charge in [0.05, 0.1) is 0 Å². The van der Waals surface area contributed by atoms with Crippen LogP contribution in [-0.4, -0.2) is 34.9 Å². The average molecular weight is 355 g/mol. The molecule has 0 aliphatic rings. The summed E-state index contributed by atoms with van der Waals surface area (Å²) in [6.07, 6.45) is 14.9. The summed E-state index contributed by atoms with van der Waals surface area (Å²) in [5, 5.41) is 17.3. The van der Waals surface area contributed by atoms with Crippen molar-refractivity contribution >= 4 is 31.4 Å². The van der Waals surface area contributed by atoms with Gasteiger partial charge in [-0.25, -0.2) is 0 Å². The van der Waals surface area contributed by atoms with Crippen LogP contribution in [0.25, 0.3) is 0 Å². The second kappa shape index (κ2) is 21.0. The predicted octanol–water partition coefficient (Wildman–Crippen LogP) is 5.68. The minimum absolute atomic E-state index is 0.354. The highest BCUT2D eigenvalue weighted by atomic mass is 33.5. The number of aliphatic hydroxyl groups is 2. The third-order valence-electron chi connectivity index (χ3n) is 3.37. The van der Waals surface area contributed by atoms with E-state index in [1.165, 1.54) is 75.7 Å². The van der Waals surface area contributed by atoms with Gasteiger partial charge in [0.2, 0.25) is 0 Å². The van der Waals surface area contributed by atoms with E-state index in [4.69, 9.17) is 10.2 Å². The van der Waals surface area contributed by atoms with E-state index in [1.54, 1.807) is 0 Å². The Kier molecular flexibility index (Phi) is 21.9. The van der Waals surface area contributed by atoms with Crippen LogP contribution in [-0.2, 0) is 0 Å². The lowest BCUT2D eigenvalue weighted by Gasteiger charge is -2.02. The molecule has 0 amide bonds. The number of unbranched alkanes of at least 4 members (excludes halogenated alkanes) is 10. The third kappa shape index (κ3) is 21.0. The molecule has 0 heterocycles. The monoisotopic (exact) mass is 354 g/mol. The molecular weight excluding hydrogens is 320 g/mol. The molecule has 0 aromatic carbocycles. The van der Waals surface area contributed by atoms with E-state index < -0.39 is 0 Å². The fourth-order valence-electron chi connectivity index (χ4n) is 2.06.